The van der Waals surface area contributed by atoms with E-state index in [1.54, 1.807) is 0 Å². The van der Waals surface area contributed by atoms with Crippen LogP contribution < -0.4 is 0 Å². The minimum Gasteiger partial charge on any atom is -0.247 e. The topological polar surface area (TPSA) is 0 Å². The molecule has 1 saturated carbocycles. The van der Waals surface area contributed by atoms with Crippen LogP contribution in [0.15, 0.2) is 0 Å². The van der Waals surface area contributed by atoms with Gasteiger partial charge in [0, 0.05) is 6.42 Å². The van der Waals surface area contributed by atoms with Crippen LogP contribution in [0.3, 0.4) is 0 Å². The highest BCUT2D eigenvalue weighted by molar-refractivity contribution is 5.16. The molecule has 0 aromatic rings. The number of halogens is 8. The number of hydrogen-bond acceptors (Lipinski definition) is 0. The third-order valence-electron chi connectivity index (χ3n) is 3.00. The van der Waals surface area contributed by atoms with Crippen molar-refractivity contribution in [2.24, 2.45) is 5.92 Å². The molecule has 102 valence electrons. The van der Waals surface area contributed by atoms with Crippen LogP contribution in [-0.2, 0) is 0 Å². The Morgan fingerprint density at radius 1 is 1.06 bits per heavy atom. The zero-order chi connectivity index (χ0) is 13.7. The summed E-state index contributed by atoms with van der Waals surface area (Å²) < 4.78 is 103. The number of rotatable bonds is 1. The molecule has 3 unspecified atom stereocenters. The van der Waals surface area contributed by atoms with Crippen molar-refractivity contribution in [2.45, 2.75) is 43.2 Å². The summed E-state index contributed by atoms with van der Waals surface area (Å²) in [5.41, 5.74) is -9.72. The molecule has 0 radical (unpaired) electrons. The van der Waals surface area contributed by atoms with Crippen LogP contribution in [0.5, 0.6) is 0 Å². The Balaban J connectivity index is 3.38. The molecular weight excluding hydrogens is 260 g/mol. The van der Waals surface area contributed by atoms with Gasteiger partial charge in [0.05, 0.1) is 0 Å². The van der Waals surface area contributed by atoms with Crippen molar-refractivity contribution >= 4 is 0 Å². The molecule has 3 atom stereocenters. The molecule has 0 heterocycles. The van der Waals surface area contributed by atoms with Crippen molar-refractivity contribution in [3.63, 3.8) is 0 Å². The predicted molar refractivity (Wildman–Crippen MR) is 43.1 cm³/mol. The Bertz CT molecular complexity index is 298. The van der Waals surface area contributed by atoms with Crippen molar-refractivity contribution < 1.29 is 35.1 Å². The molecule has 1 fully saturated rings. The average Bonchev–Trinajstić information content (AvgIpc) is 2.11. The van der Waals surface area contributed by atoms with Gasteiger partial charge in [-0.2, -0.15) is 13.2 Å². The third-order valence-corrected chi connectivity index (χ3v) is 3.00. The van der Waals surface area contributed by atoms with E-state index >= 15 is 0 Å². The Morgan fingerprint density at radius 2 is 1.53 bits per heavy atom. The molecule has 0 bridgehead atoms. The molecule has 8 heteroatoms. The van der Waals surface area contributed by atoms with Gasteiger partial charge in [-0.1, -0.05) is 6.92 Å². The van der Waals surface area contributed by atoms with E-state index in [9.17, 15) is 35.1 Å². The van der Waals surface area contributed by atoms with Crippen LogP contribution in [0.2, 0.25) is 0 Å². The van der Waals surface area contributed by atoms with Gasteiger partial charge in [-0.25, -0.2) is 22.0 Å². The molecule has 0 aliphatic heterocycles. The molecule has 0 aromatic carbocycles. The van der Waals surface area contributed by atoms with Crippen molar-refractivity contribution in [3.05, 3.63) is 0 Å². The average molecular weight is 270 g/mol. The van der Waals surface area contributed by atoms with Gasteiger partial charge in [-0.3, -0.25) is 0 Å². The first-order valence-electron chi connectivity index (χ1n) is 4.79. The van der Waals surface area contributed by atoms with E-state index in [4.69, 9.17) is 0 Å². The monoisotopic (exact) mass is 270 g/mol. The maximum absolute atomic E-state index is 13.6. The molecule has 1 aliphatic carbocycles. The van der Waals surface area contributed by atoms with Gasteiger partial charge in [0.15, 0.2) is 5.67 Å². The molecule has 0 saturated heterocycles. The van der Waals surface area contributed by atoms with E-state index in [2.05, 4.69) is 0 Å². The third kappa shape index (κ3) is 1.79. The quantitative estimate of drug-likeness (QED) is 0.632. The zero-order valence-corrected chi connectivity index (χ0v) is 8.72. The maximum atomic E-state index is 13.6. The Hall–Kier alpha value is -0.560. The van der Waals surface area contributed by atoms with Crippen molar-refractivity contribution in [3.8, 4) is 0 Å². The highest BCUT2D eigenvalue weighted by atomic mass is 19.4. The van der Waals surface area contributed by atoms with E-state index in [0.717, 1.165) is 6.92 Å². The first kappa shape index (κ1) is 14.5. The van der Waals surface area contributed by atoms with Gasteiger partial charge in [0.25, 0.3) is 5.92 Å². The minimum absolute atomic E-state index is 1.02. The SMILES string of the molecule is CC1CC(F)(F)C(F)(C(F)(F)F)C(F)(CF)C1. The molecular formula is C9H10F8. The minimum atomic E-state index is -6.17. The van der Waals surface area contributed by atoms with E-state index in [-0.39, 0.29) is 0 Å². The normalized spacial score (nSPS) is 42.5. The molecule has 1 rings (SSSR count). The van der Waals surface area contributed by atoms with Crippen molar-refractivity contribution in [1.82, 2.24) is 0 Å². The lowest BCUT2D eigenvalue weighted by molar-refractivity contribution is -0.360. The fourth-order valence-corrected chi connectivity index (χ4v) is 2.28. The first-order chi connectivity index (χ1) is 7.41. The van der Waals surface area contributed by atoms with Gasteiger partial charge >= 0.3 is 11.8 Å². The smallest absolute Gasteiger partial charge is 0.247 e. The van der Waals surface area contributed by atoms with Gasteiger partial charge in [0.1, 0.15) is 6.67 Å². The van der Waals surface area contributed by atoms with Crippen molar-refractivity contribution in [1.29, 1.82) is 0 Å². The summed E-state index contributed by atoms with van der Waals surface area (Å²) in [5.74, 6) is -6.22. The summed E-state index contributed by atoms with van der Waals surface area (Å²) in [6, 6.07) is 0. The molecule has 1 aliphatic rings. The van der Waals surface area contributed by atoms with Gasteiger partial charge in [-0.05, 0) is 12.3 Å². The van der Waals surface area contributed by atoms with E-state index in [1.807, 2.05) is 0 Å². The Morgan fingerprint density at radius 3 is 1.88 bits per heavy atom. The van der Waals surface area contributed by atoms with Crippen LogP contribution in [0.1, 0.15) is 19.8 Å². The summed E-state index contributed by atoms with van der Waals surface area (Å²) in [7, 11) is 0. The maximum Gasteiger partial charge on any atom is 0.431 e. The molecule has 0 aromatic heterocycles. The molecule has 17 heavy (non-hydrogen) atoms. The Kier molecular flexibility index (Phi) is 3.17. The molecule has 0 spiro atoms. The summed E-state index contributed by atoms with van der Waals surface area (Å²) >= 11 is 0. The molecule has 0 N–H and O–H groups in total. The van der Waals surface area contributed by atoms with Crippen LogP contribution in [0.25, 0.3) is 0 Å². The van der Waals surface area contributed by atoms with Gasteiger partial charge < -0.3 is 0 Å². The lowest BCUT2D eigenvalue weighted by Crippen LogP contribution is -2.71. The summed E-state index contributed by atoms with van der Waals surface area (Å²) in [6.45, 7) is -1.42. The molecule has 0 amide bonds. The Labute approximate surface area is 92.0 Å². The standard InChI is InChI=1S/C9H10F8/c1-5-2-6(11,4-10)8(14,9(15,16)17)7(12,13)3-5/h5H,2-4H2,1H3. The van der Waals surface area contributed by atoms with Gasteiger partial charge in [-0.15, -0.1) is 0 Å². The highest BCUT2D eigenvalue weighted by Gasteiger charge is 2.82. The fourth-order valence-electron chi connectivity index (χ4n) is 2.28. The van der Waals surface area contributed by atoms with Crippen LogP contribution in [-0.4, -0.2) is 30.1 Å². The van der Waals surface area contributed by atoms with Crippen LogP contribution in [0.4, 0.5) is 35.1 Å². The second kappa shape index (κ2) is 3.71. The fraction of sp³-hybridized carbons (Fsp3) is 1.00. The molecule has 0 nitrogen and oxygen atoms in total. The van der Waals surface area contributed by atoms with Crippen molar-refractivity contribution in [2.75, 3.05) is 6.67 Å². The largest absolute Gasteiger partial charge is 0.431 e. The lowest BCUT2D eigenvalue weighted by atomic mass is 9.68. The van der Waals surface area contributed by atoms with E-state index < -0.39 is 48.9 Å². The predicted octanol–water partition coefficient (Wildman–Crippen LogP) is 4.00. The number of hydrogen-bond donors (Lipinski definition) is 0. The summed E-state index contributed by atoms with van der Waals surface area (Å²) in [5, 5.41) is 0. The van der Waals surface area contributed by atoms with Crippen LogP contribution >= 0.6 is 0 Å². The number of alkyl halides is 8. The second-order valence-electron chi connectivity index (χ2n) is 4.47. The zero-order valence-electron chi connectivity index (χ0n) is 8.72. The lowest BCUT2D eigenvalue weighted by Gasteiger charge is -2.48. The summed E-state index contributed by atoms with van der Waals surface area (Å²) in [4.78, 5) is 0. The first-order valence-corrected chi connectivity index (χ1v) is 4.79. The summed E-state index contributed by atoms with van der Waals surface area (Å²) in [6.07, 6.45) is -8.86. The second-order valence-corrected chi connectivity index (χ2v) is 4.47. The van der Waals surface area contributed by atoms with Crippen LogP contribution in [0, 0.1) is 5.92 Å². The van der Waals surface area contributed by atoms with E-state index in [1.165, 1.54) is 0 Å². The van der Waals surface area contributed by atoms with E-state index in [0.29, 0.717) is 0 Å². The van der Waals surface area contributed by atoms with Gasteiger partial charge in [0.2, 0.25) is 0 Å². The highest BCUT2D eigenvalue weighted by Crippen LogP contribution is 2.60.